The molecule has 5 heteroatoms. The van der Waals surface area contributed by atoms with Crippen LogP contribution in [0.1, 0.15) is 17.7 Å². The summed E-state index contributed by atoms with van der Waals surface area (Å²) in [6, 6.07) is 10.4. The molecule has 1 heterocycles. The summed E-state index contributed by atoms with van der Waals surface area (Å²) < 4.78 is 5.56. The smallest absolute Gasteiger partial charge is 0.158 e. The molecule has 5 nitrogen and oxygen atoms in total. The Morgan fingerprint density at radius 2 is 1.95 bits per heavy atom. The van der Waals surface area contributed by atoms with Gasteiger partial charge >= 0.3 is 0 Å². The van der Waals surface area contributed by atoms with Crippen LogP contribution in [0.25, 0.3) is 0 Å². The van der Waals surface area contributed by atoms with Crippen molar-refractivity contribution in [3.05, 3.63) is 54.0 Å². The third-order valence-electron chi connectivity index (χ3n) is 2.70. The van der Waals surface area contributed by atoms with Crippen LogP contribution in [0.4, 0.5) is 5.82 Å². The van der Waals surface area contributed by atoms with E-state index in [2.05, 4.69) is 39.7 Å². The number of hydrogen-bond acceptors (Lipinski definition) is 5. The van der Waals surface area contributed by atoms with Crippen LogP contribution in [0.15, 0.2) is 42.7 Å². The lowest BCUT2D eigenvalue weighted by molar-refractivity contribution is 0.116. The van der Waals surface area contributed by atoms with Gasteiger partial charge in [0, 0.05) is 6.61 Å². The quantitative estimate of drug-likeness (QED) is 0.451. The zero-order valence-corrected chi connectivity index (χ0v) is 10.7. The first-order valence-electron chi connectivity index (χ1n) is 6.27. The van der Waals surface area contributed by atoms with Crippen LogP contribution >= 0.6 is 0 Å². The van der Waals surface area contributed by atoms with Crippen molar-refractivity contribution in [2.24, 2.45) is 5.84 Å². The molecule has 0 amide bonds. The van der Waals surface area contributed by atoms with Crippen LogP contribution in [0, 0.1) is 0 Å². The first kappa shape index (κ1) is 13.5. The Kier molecular flexibility index (Phi) is 5.28. The average Bonchev–Trinajstić information content (AvgIpc) is 2.49. The van der Waals surface area contributed by atoms with Crippen LogP contribution in [0.2, 0.25) is 0 Å². The van der Waals surface area contributed by atoms with Gasteiger partial charge in [-0.05, 0) is 18.4 Å². The molecule has 0 spiro atoms. The van der Waals surface area contributed by atoms with E-state index < -0.39 is 0 Å². The lowest BCUT2D eigenvalue weighted by Crippen LogP contribution is -2.09. The first-order chi connectivity index (χ1) is 9.38. The van der Waals surface area contributed by atoms with Gasteiger partial charge < -0.3 is 10.2 Å². The predicted molar refractivity (Wildman–Crippen MR) is 74.3 cm³/mol. The zero-order valence-electron chi connectivity index (χ0n) is 10.7. The van der Waals surface area contributed by atoms with Crippen molar-refractivity contribution >= 4 is 5.82 Å². The van der Waals surface area contributed by atoms with Crippen LogP contribution in [0.5, 0.6) is 0 Å². The average molecular weight is 258 g/mol. The molecule has 0 bridgehead atoms. The molecule has 0 aliphatic carbocycles. The second kappa shape index (κ2) is 7.45. The van der Waals surface area contributed by atoms with E-state index in [0.717, 1.165) is 18.5 Å². The Morgan fingerprint density at radius 3 is 2.63 bits per heavy atom. The molecule has 0 unspecified atom stereocenters. The topological polar surface area (TPSA) is 73.1 Å². The standard InChI is InChI=1S/C14H18N4O/c15-18-14-10-16-13(9-17-14)11-19-8-4-7-12-5-2-1-3-6-12/h1-3,5-6,9-10H,4,7-8,11,15H2,(H,17,18). The number of ether oxygens (including phenoxy) is 1. The Morgan fingerprint density at radius 1 is 1.11 bits per heavy atom. The highest BCUT2D eigenvalue weighted by molar-refractivity contribution is 5.28. The summed E-state index contributed by atoms with van der Waals surface area (Å²) in [5, 5.41) is 0. The molecule has 1 aromatic heterocycles. The third-order valence-corrected chi connectivity index (χ3v) is 2.70. The molecule has 0 atom stereocenters. The van der Waals surface area contributed by atoms with E-state index in [4.69, 9.17) is 10.6 Å². The second-order valence-corrected chi connectivity index (χ2v) is 4.18. The first-order valence-corrected chi connectivity index (χ1v) is 6.27. The molecule has 2 aromatic rings. The van der Waals surface area contributed by atoms with Crippen LogP contribution in [-0.4, -0.2) is 16.6 Å². The summed E-state index contributed by atoms with van der Waals surface area (Å²) in [4.78, 5) is 8.24. The number of aromatic nitrogens is 2. The fourth-order valence-electron chi connectivity index (χ4n) is 1.70. The Labute approximate surface area is 112 Å². The number of rotatable bonds is 7. The molecule has 0 aliphatic heterocycles. The van der Waals surface area contributed by atoms with E-state index in [0.29, 0.717) is 19.0 Å². The van der Waals surface area contributed by atoms with Crippen molar-refractivity contribution in [1.29, 1.82) is 0 Å². The summed E-state index contributed by atoms with van der Waals surface area (Å²) in [6.45, 7) is 1.19. The van der Waals surface area contributed by atoms with Crippen molar-refractivity contribution in [3.63, 3.8) is 0 Å². The summed E-state index contributed by atoms with van der Waals surface area (Å²) in [7, 11) is 0. The molecule has 0 aliphatic rings. The maximum absolute atomic E-state index is 5.56. The summed E-state index contributed by atoms with van der Waals surface area (Å²) in [5.74, 6) is 5.76. The van der Waals surface area contributed by atoms with Crippen molar-refractivity contribution in [3.8, 4) is 0 Å². The van der Waals surface area contributed by atoms with Gasteiger partial charge in [-0.25, -0.2) is 10.8 Å². The molecule has 0 fully saturated rings. The lowest BCUT2D eigenvalue weighted by Gasteiger charge is -2.04. The third kappa shape index (κ3) is 4.65. The van der Waals surface area contributed by atoms with E-state index in [-0.39, 0.29) is 0 Å². The van der Waals surface area contributed by atoms with Gasteiger partial charge in [0.15, 0.2) is 5.82 Å². The summed E-state index contributed by atoms with van der Waals surface area (Å²) in [5.41, 5.74) is 4.58. The minimum absolute atomic E-state index is 0.479. The second-order valence-electron chi connectivity index (χ2n) is 4.18. The number of hydrogen-bond donors (Lipinski definition) is 2. The molecule has 1 aromatic carbocycles. The van der Waals surface area contributed by atoms with Crippen molar-refractivity contribution in [2.75, 3.05) is 12.0 Å². The fraction of sp³-hybridized carbons (Fsp3) is 0.286. The van der Waals surface area contributed by atoms with E-state index >= 15 is 0 Å². The van der Waals surface area contributed by atoms with Crippen molar-refractivity contribution < 1.29 is 4.74 Å². The van der Waals surface area contributed by atoms with Crippen LogP contribution in [-0.2, 0) is 17.8 Å². The summed E-state index contributed by atoms with van der Waals surface area (Å²) in [6.07, 6.45) is 5.28. The number of benzene rings is 1. The Balaban J connectivity index is 1.63. The van der Waals surface area contributed by atoms with Crippen LogP contribution < -0.4 is 11.3 Å². The van der Waals surface area contributed by atoms with Gasteiger partial charge in [-0.3, -0.25) is 4.98 Å². The molecule has 100 valence electrons. The van der Waals surface area contributed by atoms with Gasteiger partial charge in [0.05, 0.1) is 24.7 Å². The molecule has 0 saturated carbocycles. The van der Waals surface area contributed by atoms with E-state index in [1.807, 2.05) is 6.07 Å². The highest BCUT2D eigenvalue weighted by Crippen LogP contribution is 2.04. The molecular formula is C14H18N4O. The number of nitrogens with two attached hydrogens (primary N) is 1. The van der Waals surface area contributed by atoms with Gasteiger partial charge in [-0.1, -0.05) is 30.3 Å². The molecule has 0 saturated heterocycles. The molecule has 2 rings (SSSR count). The number of hydrazine groups is 1. The largest absolute Gasteiger partial charge is 0.375 e. The van der Waals surface area contributed by atoms with E-state index in [1.165, 1.54) is 5.56 Å². The minimum Gasteiger partial charge on any atom is -0.375 e. The maximum Gasteiger partial charge on any atom is 0.158 e. The number of anilines is 1. The van der Waals surface area contributed by atoms with E-state index in [9.17, 15) is 0 Å². The van der Waals surface area contributed by atoms with Crippen LogP contribution in [0.3, 0.4) is 0 Å². The van der Waals surface area contributed by atoms with Gasteiger partial charge in [0.2, 0.25) is 0 Å². The number of nitrogen functional groups attached to an aromatic ring is 1. The highest BCUT2D eigenvalue weighted by Gasteiger charge is 1.97. The molecule has 0 radical (unpaired) electrons. The van der Waals surface area contributed by atoms with Gasteiger partial charge in [0.1, 0.15) is 0 Å². The van der Waals surface area contributed by atoms with Crippen molar-refractivity contribution in [2.45, 2.75) is 19.4 Å². The van der Waals surface area contributed by atoms with Gasteiger partial charge in [-0.2, -0.15) is 0 Å². The highest BCUT2D eigenvalue weighted by atomic mass is 16.5. The normalized spacial score (nSPS) is 10.4. The maximum atomic E-state index is 5.56. The van der Waals surface area contributed by atoms with Crippen molar-refractivity contribution in [1.82, 2.24) is 9.97 Å². The van der Waals surface area contributed by atoms with Gasteiger partial charge in [-0.15, -0.1) is 0 Å². The number of nitrogens with zero attached hydrogens (tertiary/aromatic N) is 2. The Hall–Kier alpha value is -1.98. The monoisotopic (exact) mass is 258 g/mol. The molecular weight excluding hydrogens is 240 g/mol. The van der Waals surface area contributed by atoms with E-state index in [1.54, 1.807) is 12.4 Å². The minimum atomic E-state index is 0.479. The number of nitrogens with one attached hydrogen (secondary N) is 1. The number of aryl methyl sites for hydroxylation is 1. The molecule has 19 heavy (non-hydrogen) atoms. The zero-order chi connectivity index (χ0) is 13.3. The molecule has 3 N–H and O–H groups in total. The Bertz CT molecular complexity index is 473. The van der Waals surface area contributed by atoms with Gasteiger partial charge in [0.25, 0.3) is 0 Å². The SMILES string of the molecule is NNc1cnc(COCCCc2ccccc2)cn1. The lowest BCUT2D eigenvalue weighted by atomic mass is 10.1. The summed E-state index contributed by atoms with van der Waals surface area (Å²) >= 11 is 0. The predicted octanol–water partition coefficient (Wildman–Crippen LogP) is 1.91. The fourth-order valence-corrected chi connectivity index (χ4v) is 1.70.